The van der Waals surface area contributed by atoms with Crippen molar-refractivity contribution in [3.8, 4) is 0 Å². The number of hydrogen-bond acceptors (Lipinski definition) is 4. The molecule has 64 valence electrons. The molecule has 0 aromatic rings. The van der Waals surface area contributed by atoms with Crippen LogP contribution < -0.4 is 0 Å². The number of hydrogen-bond donors (Lipinski definition) is 0. The third-order valence-corrected chi connectivity index (χ3v) is 5.58. The molecule has 2 atom stereocenters. The minimum atomic E-state index is 0.749. The summed E-state index contributed by atoms with van der Waals surface area (Å²) in [7, 11) is 4.48. The molecule has 0 bridgehead atoms. The maximum absolute atomic E-state index is 2.48. The molecule has 2 fully saturated rings. The van der Waals surface area contributed by atoms with E-state index in [1.54, 1.807) is 0 Å². The Kier molecular flexibility index (Phi) is 2.37. The van der Waals surface area contributed by atoms with E-state index in [2.05, 4.69) is 47.4 Å². The van der Waals surface area contributed by atoms with Gasteiger partial charge in [-0.1, -0.05) is 0 Å². The molecule has 0 aromatic carbocycles. The highest BCUT2D eigenvalue weighted by molar-refractivity contribution is 8.19. The van der Waals surface area contributed by atoms with E-state index in [0.717, 1.165) is 10.7 Å². The van der Waals surface area contributed by atoms with Crippen LogP contribution >= 0.6 is 23.5 Å². The highest BCUT2D eigenvalue weighted by Gasteiger charge is 2.37. The van der Waals surface area contributed by atoms with E-state index >= 15 is 0 Å². The quantitative estimate of drug-likeness (QED) is 0.561. The molecule has 2 aliphatic heterocycles. The predicted molar refractivity (Wildman–Crippen MR) is 52.9 cm³/mol. The minimum absolute atomic E-state index is 0.749. The van der Waals surface area contributed by atoms with Gasteiger partial charge in [0.15, 0.2) is 0 Å². The predicted octanol–water partition coefficient (Wildman–Crippen LogP) is 0.953. The number of rotatable bonds is 0. The van der Waals surface area contributed by atoms with Crippen molar-refractivity contribution in [3.05, 3.63) is 0 Å². The van der Waals surface area contributed by atoms with Gasteiger partial charge in [-0.25, -0.2) is 0 Å². The zero-order valence-electron chi connectivity index (χ0n) is 6.99. The number of piperazine rings is 1. The molecule has 2 nitrogen and oxygen atoms in total. The highest BCUT2D eigenvalue weighted by atomic mass is 32.2. The summed E-state index contributed by atoms with van der Waals surface area (Å²) in [5.74, 6) is 0. The molecule has 2 aliphatic rings. The zero-order chi connectivity index (χ0) is 7.84. The van der Waals surface area contributed by atoms with Crippen molar-refractivity contribution in [2.24, 2.45) is 0 Å². The molecule has 2 unspecified atom stereocenters. The van der Waals surface area contributed by atoms with Crippen LogP contribution in [0.1, 0.15) is 0 Å². The molecular weight excluding hydrogens is 176 g/mol. The Morgan fingerprint density at radius 1 is 1.00 bits per heavy atom. The van der Waals surface area contributed by atoms with Crippen LogP contribution in [-0.4, -0.2) is 52.8 Å². The minimum Gasteiger partial charge on any atom is -0.291 e. The summed E-state index contributed by atoms with van der Waals surface area (Å²) in [5, 5.41) is 2.77. The van der Waals surface area contributed by atoms with Gasteiger partial charge in [0, 0.05) is 18.2 Å². The van der Waals surface area contributed by atoms with Crippen LogP contribution in [0.5, 0.6) is 0 Å². The Hall–Kier alpha value is 0.620. The van der Waals surface area contributed by atoms with Gasteiger partial charge >= 0.3 is 0 Å². The van der Waals surface area contributed by atoms with Crippen LogP contribution in [0.2, 0.25) is 0 Å². The van der Waals surface area contributed by atoms with Crippen molar-refractivity contribution in [2.45, 2.75) is 10.7 Å². The molecule has 0 spiro atoms. The van der Waals surface area contributed by atoms with E-state index in [4.69, 9.17) is 0 Å². The standard InChI is InChI=1S/C7H14N2S2/c1-8-3-4-9(2)7-6(8)10-5-11-7/h6-7H,3-5H2,1-2H3. The van der Waals surface area contributed by atoms with Crippen LogP contribution in [0, 0.1) is 0 Å². The van der Waals surface area contributed by atoms with Gasteiger partial charge in [0.05, 0.1) is 10.7 Å². The van der Waals surface area contributed by atoms with Crippen LogP contribution in [0.15, 0.2) is 0 Å². The van der Waals surface area contributed by atoms with E-state index in [-0.39, 0.29) is 0 Å². The number of nitrogens with zero attached hydrogens (tertiary/aromatic N) is 2. The molecule has 11 heavy (non-hydrogen) atoms. The summed E-state index contributed by atoms with van der Waals surface area (Å²) in [6, 6.07) is 0. The first kappa shape index (κ1) is 8.23. The van der Waals surface area contributed by atoms with Crippen molar-refractivity contribution in [2.75, 3.05) is 32.3 Å². The lowest BCUT2D eigenvalue weighted by Crippen LogP contribution is -2.52. The average molecular weight is 190 g/mol. The average Bonchev–Trinajstić information content (AvgIpc) is 2.45. The Labute approximate surface area is 76.7 Å². The Balaban J connectivity index is 2.08. The molecule has 0 aromatic heterocycles. The second-order valence-electron chi connectivity index (χ2n) is 3.19. The number of likely N-dealkylation sites (N-methyl/N-ethyl adjacent to an activating group) is 2. The van der Waals surface area contributed by atoms with Gasteiger partial charge in [0.25, 0.3) is 0 Å². The molecule has 2 heterocycles. The zero-order valence-corrected chi connectivity index (χ0v) is 8.62. The normalized spacial score (nSPS) is 40.9. The van der Waals surface area contributed by atoms with Crippen molar-refractivity contribution < 1.29 is 0 Å². The van der Waals surface area contributed by atoms with E-state index in [1.807, 2.05) is 0 Å². The number of thioether (sulfide) groups is 2. The largest absolute Gasteiger partial charge is 0.291 e. The first-order valence-corrected chi connectivity index (χ1v) is 6.02. The summed E-state index contributed by atoms with van der Waals surface area (Å²) in [5.41, 5.74) is 0. The van der Waals surface area contributed by atoms with E-state index in [1.165, 1.54) is 18.2 Å². The molecule has 0 amide bonds. The smallest absolute Gasteiger partial charge is 0.0816 e. The second-order valence-corrected chi connectivity index (χ2v) is 5.77. The van der Waals surface area contributed by atoms with Crippen molar-refractivity contribution in [1.82, 2.24) is 9.80 Å². The summed E-state index contributed by atoms with van der Waals surface area (Å²) in [4.78, 5) is 4.96. The summed E-state index contributed by atoms with van der Waals surface area (Å²) < 4.78 is 0. The van der Waals surface area contributed by atoms with Crippen molar-refractivity contribution in [3.63, 3.8) is 0 Å². The molecule has 2 rings (SSSR count). The van der Waals surface area contributed by atoms with E-state index in [9.17, 15) is 0 Å². The topological polar surface area (TPSA) is 6.48 Å². The lowest BCUT2D eigenvalue weighted by molar-refractivity contribution is 0.146. The van der Waals surface area contributed by atoms with Gasteiger partial charge in [0.2, 0.25) is 0 Å². The number of fused-ring (bicyclic) bond motifs is 1. The first-order chi connectivity index (χ1) is 5.29. The van der Waals surface area contributed by atoms with Crippen LogP contribution in [-0.2, 0) is 0 Å². The highest BCUT2D eigenvalue weighted by Crippen LogP contribution is 2.40. The molecule has 0 N–H and O–H groups in total. The molecule has 2 saturated heterocycles. The first-order valence-electron chi connectivity index (χ1n) is 3.93. The Morgan fingerprint density at radius 3 is 1.91 bits per heavy atom. The van der Waals surface area contributed by atoms with Gasteiger partial charge in [-0.2, -0.15) is 0 Å². The monoisotopic (exact) mass is 190 g/mol. The van der Waals surface area contributed by atoms with Crippen molar-refractivity contribution >= 4 is 23.5 Å². The summed E-state index contributed by atoms with van der Waals surface area (Å²) in [6.45, 7) is 2.45. The fourth-order valence-electron chi connectivity index (χ4n) is 1.60. The van der Waals surface area contributed by atoms with Gasteiger partial charge in [-0.15, -0.1) is 23.5 Å². The third kappa shape index (κ3) is 1.41. The molecule has 0 saturated carbocycles. The molecule has 0 aliphatic carbocycles. The molecular formula is C7H14N2S2. The Bertz CT molecular complexity index is 137. The summed E-state index contributed by atoms with van der Waals surface area (Å²) >= 11 is 4.17. The van der Waals surface area contributed by atoms with Crippen LogP contribution in [0.4, 0.5) is 0 Å². The van der Waals surface area contributed by atoms with E-state index < -0.39 is 0 Å². The maximum Gasteiger partial charge on any atom is 0.0816 e. The Morgan fingerprint density at radius 2 is 1.45 bits per heavy atom. The third-order valence-electron chi connectivity index (χ3n) is 2.40. The van der Waals surface area contributed by atoms with Gasteiger partial charge in [0.1, 0.15) is 0 Å². The summed E-state index contributed by atoms with van der Waals surface area (Å²) in [6.07, 6.45) is 0. The lowest BCUT2D eigenvalue weighted by atomic mass is 10.3. The van der Waals surface area contributed by atoms with Crippen LogP contribution in [0.25, 0.3) is 0 Å². The molecule has 0 radical (unpaired) electrons. The molecule has 4 heteroatoms. The van der Waals surface area contributed by atoms with Crippen molar-refractivity contribution in [1.29, 1.82) is 0 Å². The lowest BCUT2D eigenvalue weighted by Gasteiger charge is -2.39. The van der Waals surface area contributed by atoms with Gasteiger partial charge in [-0.3, -0.25) is 9.80 Å². The van der Waals surface area contributed by atoms with Crippen LogP contribution in [0.3, 0.4) is 0 Å². The van der Waals surface area contributed by atoms with Gasteiger partial charge in [-0.05, 0) is 14.1 Å². The fourth-order valence-corrected chi connectivity index (χ4v) is 4.97. The second kappa shape index (κ2) is 3.17. The van der Waals surface area contributed by atoms with Gasteiger partial charge < -0.3 is 0 Å². The maximum atomic E-state index is 2.48. The fraction of sp³-hybridized carbons (Fsp3) is 1.00. The van der Waals surface area contributed by atoms with E-state index in [0.29, 0.717) is 0 Å². The SMILES string of the molecule is CN1CCN(C)C2SCSC21.